The summed E-state index contributed by atoms with van der Waals surface area (Å²) < 4.78 is 0. The minimum absolute atomic E-state index is 0.00724. The van der Waals surface area contributed by atoms with Crippen molar-refractivity contribution in [2.75, 3.05) is 11.9 Å². The number of hydrogen-bond donors (Lipinski definition) is 2. The SMILES string of the molecule is C=CCNC(=O)C1CCC(C(=O)Nc2ccc(C)c(Cl)c2)CC1. The predicted octanol–water partition coefficient (Wildman–Crippen LogP) is 3.70. The zero-order valence-corrected chi connectivity index (χ0v) is 14.2. The average molecular weight is 335 g/mol. The molecule has 0 radical (unpaired) electrons. The molecular formula is C18H23ClN2O2. The third kappa shape index (κ3) is 4.83. The third-order valence-corrected chi connectivity index (χ3v) is 4.74. The van der Waals surface area contributed by atoms with E-state index in [-0.39, 0.29) is 23.7 Å². The van der Waals surface area contributed by atoms with Crippen LogP contribution in [0, 0.1) is 18.8 Å². The normalized spacial score (nSPS) is 20.6. The summed E-state index contributed by atoms with van der Waals surface area (Å²) >= 11 is 6.08. The summed E-state index contributed by atoms with van der Waals surface area (Å²) in [6.07, 6.45) is 4.63. The molecule has 1 aliphatic rings. The zero-order valence-electron chi connectivity index (χ0n) is 13.4. The van der Waals surface area contributed by atoms with Crippen LogP contribution in [0.25, 0.3) is 0 Å². The van der Waals surface area contributed by atoms with Crippen LogP contribution >= 0.6 is 11.6 Å². The summed E-state index contributed by atoms with van der Waals surface area (Å²) in [6, 6.07) is 5.51. The molecule has 0 bridgehead atoms. The van der Waals surface area contributed by atoms with Gasteiger partial charge < -0.3 is 10.6 Å². The first-order valence-corrected chi connectivity index (χ1v) is 8.34. The Morgan fingerprint density at radius 1 is 1.22 bits per heavy atom. The smallest absolute Gasteiger partial charge is 0.227 e. The van der Waals surface area contributed by atoms with Gasteiger partial charge in [-0.25, -0.2) is 0 Å². The van der Waals surface area contributed by atoms with Crippen LogP contribution in [0.15, 0.2) is 30.9 Å². The lowest BCUT2D eigenvalue weighted by molar-refractivity contribution is -0.128. The van der Waals surface area contributed by atoms with E-state index >= 15 is 0 Å². The van der Waals surface area contributed by atoms with E-state index in [1.165, 1.54) is 0 Å². The van der Waals surface area contributed by atoms with E-state index in [0.29, 0.717) is 11.6 Å². The molecule has 124 valence electrons. The Morgan fingerprint density at radius 3 is 2.39 bits per heavy atom. The second-order valence-electron chi connectivity index (χ2n) is 6.04. The van der Waals surface area contributed by atoms with Crippen molar-refractivity contribution < 1.29 is 9.59 Å². The Bertz CT molecular complexity index is 593. The van der Waals surface area contributed by atoms with Crippen LogP contribution in [0.5, 0.6) is 0 Å². The molecule has 0 atom stereocenters. The fourth-order valence-corrected chi connectivity index (χ4v) is 3.03. The lowest BCUT2D eigenvalue weighted by atomic mass is 9.81. The number of benzene rings is 1. The van der Waals surface area contributed by atoms with Gasteiger partial charge in [0.2, 0.25) is 11.8 Å². The van der Waals surface area contributed by atoms with Crippen molar-refractivity contribution in [3.8, 4) is 0 Å². The number of carbonyl (C=O) groups is 2. The fourth-order valence-electron chi connectivity index (χ4n) is 2.85. The minimum atomic E-state index is -0.0430. The van der Waals surface area contributed by atoms with Gasteiger partial charge in [-0.15, -0.1) is 6.58 Å². The first-order chi connectivity index (χ1) is 11.0. The Morgan fingerprint density at radius 2 is 1.83 bits per heavy atom. The molecule has 1 aromatic carbocycles. The zero-order chi connectivity index (χ0) is 16.8. The molecule has 4 nitrogen and oxygen atoms in total. The van der Waals surface area contributed by atoms with E-state index in [1.54, 1.807) is 12.1 Å². The molecule has 1 aromatic rings. The highest BCUT2D eigenvalue weighted by Crippen LogP contribution is 2.30. The fraction of sp³-hybridized carbons (Fsp3) is 0.444. The van der Waals surface area contributed by atoms with Gasteiger partial charge >= 0.3 is 0 Å². The van der Waals surface area contributed by atoms with Crippen molar-refractivity contribution in [1.82, 2.24) is 5.32 Å². The molecule has 0 spiro atoms. The summed E-state index contributed by atoms with van der Waals surface area (Å²) in [6.45, 7) is 6.00. The van der Waals surface area contributed by atoms with Crippen LogP contribution in [-0.2, 0) is 9.59 Å². The molecule has 1 aliphatic carbocycles. The molecule has 0 aromatic heterocycles. The van der Waals surface area contributed by atoms with E-state index in [0.717, 1.165) is 36.9 Å². The Hall–Kier alpha value is -1.81. The van der Waals surface area contributed by atoms with E-state index in [4.69, 9.17) is 11.6 Å². The van der Waals surface area contributed by atoms with Gasteiger partial charge in [-0.1, -0.05) is 23.7 Å². The highest BCUT2D eigenvalue weighted by atomic mass is 35.5. The summed E-state index contributed by atoms with van der Waals surface area (Å²) in [5.41, 5.74) is 1.70. The van der Waals surface area contributed by atoms with Crippen molar-refractivity contribution in [3.05, 3.63) is 41.4 Å². The van der Waals surface area contributed by atoms with Gasteiger partial charge in [-0.3, -0.25) is 9.59 Å². The predicted molar refractivity (Wildman–Crippen MR) is 93.5 cm³/mol. The Balaban J connectivity index is 1.84. The standard InChI is InChI=1S/C18H23ClN2O2/c1-3-10-20-17(22)13-5-7-14(8-6-13)18(23)21-15-9-4-12(2)16(19)11-15/h3-4,9,11,13-14H,1,5-8,10H2,2H3,(H,20,22)(H,21,23). The number of rotatable bonds is 5. The number of carbonyl (C=O) groups excluding carboxylic acids is 2. The van der Waals surface area contributed by atoms with Gasteiger partial charge in [0.1, 0.15) is 0 Å². The topological polar surface area (TPSA) is 58.2 Å². The maximum absolute atomic E-state index is 12.3. The molecule has 0 saturated heterocycles. The van der Waals surface area contributed by atoms with E-state index in [1.807, 2.05) is 19.1 Å². The first-order valence-electron chi connectivity index (χ1n) is 7.97. The van der Waals surface area contributed by atoms with Crippen molar-refractivity contribution in [3.63, 3.8) is 0 Å². The van der Waals surface area contributed by atoms with Crippen molar-refractivity contribution in [2.45, 2.75) is 32.6 Å². The highest BCUT2D eigenvalue weighted by Gasteiger charge is 2.29. The maximum atomic E-state index is 12.3. The number of aryl methyl sites for hydroxylation is 1. The van der Waals surface area contributed by atoms with Crippen LogP contribution in [0.1, 0.15) is 31.2 Å². The van der Waals surface area contributed by atoms with Crippen molar-refractivity contribution in [2.24, 2.45) is 11.8 Å². The van der Waals surface area contributed by atoms with Gasteiger partial charge in [0.05, 0.1) is 0 Å². The number of nitrogens with one attached hydrogen (secondary N) is 2. The average Bonchev–Trinajstić information content (AvgIpc) is 2.56. The van der Waals surface area contributed by atoms with Crippen LogP contribution in [-0.4, -0.2) is 18.4 Å². The van der Waals surface area contributed by atoms with Gasteiger partial charge in [0.15, 0.2) is 0 Å². The Labute approximate surface area is 142 Å². The number of anilines is 1. The molecule has 2 amide bonds. The molecule has 0 aliphatic heterocycles. The maximum Gasteiger partial charge on any atom is 0.227 e. The van der Waals surface area contributed by atoms with Gasteiger partial charge in [-0.05, 0) is 50.3 Å². The van der Waals surface area contributed by atoms with Crippen LogP contribution in [0.3, 0.4) is 0 Å². The second kappa shape index (κ2) is 8.16. The van der Waals surface area contributed by atoms with Gasteiger partial charge in [-0.2, -0.15) is 0 Å². The van der Waals surface area contributed by atoms with Crippen molar-refractivity contribution in [1.29, 1.82) is 0 Å². The summed E-state index contributed by atoms with van der Waals surface area (Å²) in [5, 5.41) is 6.39. The lowest BCUT2D eigenvalue weighted by Gasteiger charge is -2.27. The summed E-state index contributed by atoms with van der Waals surface area (Å²) in [5.74, 6) is 0.0373. The number of hydrogen-bond acceptors (Lipinski definition) is 2. The van der Waals surface area contributed by atoms with Gasteiger partial charge in [0, 0.05) is 29.1 Å². The quantitative estimate of drug-likeness (QED) is 0.807. The molecule has 1 saturated carbocycles. The summed E-state index contributed by atoms with van der Waals surface area (Å²) in [7, 11) is 0. The molecule has 0 heterocycles. The minimum Gasteiger partial charge on any atom is -0.352 e. The van der Waals surface area contributed by atoms with Crippen LogP contribution in [0.2, 0.25) is 5.02 Å². The van der Waals surface area contributed by atoms with Crippen LogP contribution < -0.4 is 10.6 Å². The largest absolute Gasteiger partial charge is 0.352 e. The molecular weight excluding hydrogens is 312 g/mol. The molecule has 2 rings (SSSR count). The monoisotopic (exact) mass is 334 g/mol. The molecule has 0 unspecified atom stereocenters. The molecule has 1 fully saturated rings. The van der Waals surface area contributed by atoms with Crippen LogP contribution in [0.4, 0.5) is 5.69 Å². The number of halogens is 1. The van der Waals surface area contributed by atoms with Crippen molar-refractivity contribution >= 4 is 29.1 Å². The van der Waals surface area contributed by atoms with E-state index in [2.05, 4.69) is 17.2 Å². The number of amides is 2. The van der Waals surface area contributed by atoms with Gasteiger partial charge in [0.25, 0.3) is 0 Å². The second-order valence-corrected chi connectivity index (χ2v) is 6.44. The molecule has 5 heteroatoms. The third-order valence-electron chi connectivity index (χ3n) is 4.33. The van der Waals surface area contributed by atoms with E-state index < -0.39 is 0 Å². The summed E-state index contributed by atoms with van der Waals surface area (Å²) in [4.78, 5) is 24.3. The lowest BCUT2D eigenvalue weighted by Crippen LogP contribution is -2.35. The molecule has 23 heavy (non-hydrogen) atoms. The molecule has 2 N–H and O–H groups in total. The highest BCUT2D eigenvalue weighted by molar-refractivity contribution is 6.31. The Kier molecular flexibility index (Phi) is 6.22. The van der Waals surface area contributed by atoms with E-state index in [9.17, 15) is 9.59 Å². The first kappa shape index (κ1) is 17.5.